The van der Waals surface area contributed by atoms with Crippen LogP contribution in [-0.2, 0) is 14.8 Å². The van der Waals surface area contributed by atoms with Crippen molar-refractivity contribution in [2.75, 3.05) is 6.61 Å². The molecule has 0 atom stereocenters. The average molecular weight is 359 g/mol. The van der Waals surface area contributed by atoms with Crippen LogP contribution >= 0.6 is 0 Å². The van der Waals surface area contributed by atoms with Crippen LogP contribution in [0.4, 0.5) is 0 Å². The predicted octanol–water partition coefficient (Wildman–Crippen LogP) is 3.07. The number of aromatic hydroxyl groups is 1. The van der Waals surface area contributed by atoms with Gasteiger partial charge in [0.05, 0.1) is 17.0 Å². The molecule has 3 aromatic rings. The van der Waals surface area contributed by atoms with Crippen molar-refractivity contribution < 1.29 is 23.1 Å². The molecule has 130 valence electrons. The highest BCUT2D eigenvalue weighted by Crippen LogP contribution is 2.35. The van der Waals surface area contributed by atoms with Crippen molar-refractivity contribution in [1.82, 2.24) is 3.97 Å². The fourth-order valence-electron chi connectivity index (χ4n) is 2.64. The van der Waals surface area contributed by atoms with Gasteiger partial charge in [0.1, 0.15) is 0 Å². The first-order valence-electron chi connectivity index (χ1n) is 7.69. The number of rotatable bonds is 4. The first-order chi connectivity index (χ1) is 11.9. The molecular weight excluding hydrogens is 342 g/mol. The number of carbonyl (C=O) groups is 1. The van der Waals surface area contributed by atoms with Crippen molar-refractivity contribution in [2.24, 2.45) is 0 Å². The molecule has 0 aliphatic rings. The number of para-hydroxylation sites is 1. The lowest BCUT2D eigenvalue weighted by molar-refractivity contribution is 0.0515. The summed E-state index contributed by atoms with van der Waals surface area (Å²) < 4.78 is 32.1. The summed E-state index contributed by atoms with van der Waals surface area (Å²) in [5, 5.41) is 10.7. The van der Waals surface area contributed by atoms with E-state index in [0.29, 0.717) is 0 Å². The number of hydrogen-bond acceptors (Lipinski definition) is 5. The molecule has 0 radical (unpaired) electrons. The molecule has 0 unspecified atom stereocenters. The van der Waals surface area contributed by atoms with Gasteiger partial charge in [0.2, 0.25) is 0 Å². The van der Waals surface area contributed by atoms with Crippen LogP contribution in [0.1, 0.15) is 23.0 Å². The number of aryl methyl sites for hydroxylation is 1. The summed E-state index contributed by atoms with van der Waals surface area (Å²) >= 11 is 0. The highest BCUT2D eigenvalue weighted by molar-refractivity contribution is 7.90. The molecule has 0 aliphatic heterocycles. The van der Waals surface area contributed by atoms with Crippen LogP contribution in [0.15, 0.2) is 53.4 Å². The SMILES string of the molecule is CCOC(=O)c1c(O)c2ccccc2n1S(=O)(=O)c1ccc(C)cc1. The minimum absolute atomic E-state index is 0.0180. The Kier molecular flexibility index (Phi) is 4.26. The van der Waals surface area contributed by atoms with Crippen LogP contribution in [0, 0.1) is 6.92 Å². The van der Waals surface area contributed by atoms with Gasteiger partial charge in [-0.15, -0.1) is 0 Å². The van der Waals surface area contributed by atoms with Crippen LogP contribution in [0.25, 0.3) is 10.9 Å². The Balaban J connectivity index is 2.36. The second-order valence-electron chi connectivity index (χ2n) is 5.52. The fourth-order valence-corrected chi connectivity index (χ4v) is 4.15. The standard InChI is InChI=1S/C18H17NO5S/c1-3-24-18(21)16-17(20)14-6-4-5-7-15(14)19(16)25(22,23)13-10-8-12(2)9-11-13/h4-11,20H,3H2,1-2H3. The molecule has 1 aromatic heterocycles. The Morgan fingerprint density at radius 3 is 2.40 bits per heavy atom. The summed E-state index contributed by atoms with van der Waals surface area (Å²) in [5.74, 6) is -1.31. The number of esters is 1. The Hall–Kier alpha value is -2.80. The van der Waals surface area contributed by atoms with Crippen molar-refractivity contribution in [3.63, 3.8) is 0 Å². The minimum atomic E-state index is -4.10. The van der Waals surface area contributed by atoms with E-state index in [1.165, 1.54) is 18.2 Å². The van der Waals surface area contributed by atoms with E-state index in [2.05, 4.69) is 0 Å². The van der Waals surface area contributed by atoms with E-state index in [4.69, 9.17) is 4.74 Å². The third-order valence-corrected chi connectivity index (χ3v) is 5.56. The number of carbonyl (C=O) groups excluding carboxylic acids is 1. The van der Waals surface area contributed by atoms with Gasteiger partial charge in [-0.1, -0.05) is 29.8 Å². The lowest BCUT2D eigenvalue weighted by atomic mass is 10.2. The lowest BCUT2D eigenvalue weighted by Crippen LogP contribution is -2.20. The molecule has 2 aromatic carbocycles. The van der Waals surface area contributed by atoms with Gasteiger partial charge in [-0.25, -0.2) is 17.2 Å². The molecule has 0 fully saturated rings. The molecule has 6 nitrogen and oxygen atoms in total. The number of benzene rings is 2. The van der Waals surface area contributed by atoms with Crippen molar-refractivity contribution in [3.05, 3.63) is 59.8 Å². The van der Waals surface area contributed by atoms with Crippen LogP contribution in [0.2, 0.25) is 0 Å². The summed E-state index contributed by atoms with van der Waals surface area (Å²) in [4.78, 5) is 12.3. The maximum Gasteiger partial charge on any atom is 0.359 e. The molecule has 7 heteroatoms. The Morgan fingerprint density at radius 1 is 1.12 bits per heavy atom. The minimum Gasteiger partial charge on any atom is -0.505 e. The second kappa shape index (κ2) is 6.25. The maximum absolute atomic E-state index is 13.1. The van der Waals surface area contributed by atoms with E-state index in [1.807, 2.05) is 6.92 Å². The van der Waals surface area contributed by atoms with Crippen LogP contribution in [0.3, 0.4) is 0 Å². The molecule has 0 saturated carbocycles. The highest BCUT2D eigenvalue weighted by Gasteiger charge is 2.31. The van der Waals surface area contributed by atoms with E-state index in [1.54, 1.807) is 37.3 Å². The normalized spacial score (nSPS) is 11.6. The summed E-state index contributed by atoms with van der Waals surface area (Å²) in [6, 6.07) is 12.6. The van der Waals surface area contributed by atoms with Crippen LogP contribution < -0.4 is 0 Å². The Labute approximate surface area is 145 Å². The zero-order valence-corrected chi connectivity index (χ0v) is 14.6. The summed E-state index contributed by atoms with van der Waals surface area (Å²) in [5.41, 5.74) is 0.719. The lowest BCUT2D eigenvalue weighted by Gasteiger charge is -2.11. The monoisotopic (exact) mass is 359 g/mol. The zero-order chi connectivity index (χ0) is 18.2. The zero-order valence-electron chi connectivity index (χ0n) is 13.8. The molecule has 1 N–H and O–H groups in total. The average Bonchev–Trinajstić information content (AvgIpc) is 2.89. The largest absolute Gasteiger partial charge is 0.505 e. The summed E-state index contributed by atoms with van der Waals surface area (Å²) in [6.45, 7) is 3.51. The topological polar surface area (TPSA) is 85.6 Å². The van der Waals surface area contributed by atoms with Gasteiger partial charge in [0.15, 0.2) is 11.4 Å². The number of ether oxygens (including phenoxy) is 1. The van der Waals surface area contributed by atoms with Crippen LogP contribution in [-0.4, -0.2) is 30.1 Å². The van der Waals surface area contributed by atoms with Gasteiger partial charge >= 0.3 is 5.97 Å². The van der Waals surface area contributed by atoms with Crippen molar-refractivity contribution in [1.29, 1.82) is 0 Å². The van der Waals surface area contributed by atoms with Gasteiger partial charge in [-0.05, 0) is 38.1 Å². The van der Waals surface area contributed by atoms with Crippen molar-refractivity contribution in [2.45, 2.75) is 18.7 Å². The molecule has 1 heterocycles. The molecule has 0 saturated heterocycles. The van der Waals surface area contributed by atoms with E-state index < -0.39 is 27.4 Å². The number of aromatic nitrogens is 1. The van der Waals surface area contributed by atoms with Gasteiger partial charge in [-0.3, -0.25) is 0 Å². The summed E-state index contributed by atoms with van der Waals surface area (Å²) in [7, 11) is -4.10. The first-order valence-corrected chi connectivity index (χ1v) is 9.13. The van der Waals surface area contributed by atoms with Crippen LogP contribution in [0.5, 0.6) is 5.75 Å². The van der Waals surface area contributed by atoms with Gasteiger partial charge in [0, 0.05) is 5.39 Å². The highest BCUT2D eigenvalue weighted by atomic mass is 32.2. The quantitative estimate of drug-likeness (QED) is 0.724. The van der Waals surface area contributed by atoms with E-state index >= 15 is 0 Å². The third kappa shape index (κ3) is 2.76. The summed E-state index contributed by atoms with van der Waals surface area (Å²) in [6.07, 6.45) is 0. The number of fused-ring (bicyclic) bond motifs is 1. The molecule has 0 aliphatic carbocycles. The molecular formula is C18H17NO5S. The van der Waals surface area contributed by atoms with E-state index in [0.717, 1.165) is 9.54 Å². The number of hydrogen-bond donors (Lipinski definition) is 1. The molecule has 0 amide bonds. The van der Waals surface area contributed by atoms with E-state index in [-0.39, 0.29) is 22.4 Å². The molecule has 0 spiro atoms. The molecule has 25 heavy (non-hydrogen) atoms. The first kappa shape index (κ1) is 17.0. The maximum atomic E-state index is 13.1. The third-order valence-electron chi connectivity index (χ3n) is 3.83. The molecule has 0 bridgehead atoms. The van der Waals surface area contributed by atoms with E-state index in [9.17, 15) is 18.3 Å². The number of nitrogens with zero attached hydrogens (tertiary/aromatic N) is 1. The Morgan fingerprint density at radius 2 is 1.76 bits per heavy atom. The van der Waals surface area contributed by atoms with Crippen molar-refractivity contribution in [3.8, 4) is 5.75 Å². The van der Waals surface area contributed by atoms with Crippen molar-refractivity contribution >= 4 is 26.9 Å². The fraction of sp³-hybridized carbons (Fsp3) is 0.167. The smallest absolute Gasteiger partial charge is 0.359 e. The van der Waals surface area contributed by atoms with Gasteiger partial charge in [-0.2, -0.15) is 0 Å². The van der Waals surface area contributed by atoms with Gasteiger partial charge < -0.3 is 9.84 Å². The van der Waals surface area contributed by atoms with Gasteiger partial charge in [0.25, 0.3) is 10.0 Å². The Bertz CT molecular complexity index is 1050. The predicted molar refractivity (Wildman–Crippen MR) is 93.3 cm³/mol. The molecule has 3 rings (SSSR count). The second-order valence-corrected chi connectivity index (χ2v) is 7.30.